The van der Waals surface area contributed by atoms with E-state index in [9.17, 15) is 4.79 Å². The van der Waals surface area contributed by atoms with Gasteiger partial charge in [-0.05, 0) is 41.3 Å². The predicted molar refractivity (Wildman–Crippen MR) is 117 cm³/mol. The molecule has 0 bridgehead atoms. The average molecular weight is 428 g/mol. The van der Waals surface area contributed by atoms with Crippen molar-refractivity contribution in [3.63, 3.8) is 0 Å². The van der Waals surface area contributed by atoms with Gasteiger partial charge in [-0.1, -0.05) is 83.0 Å². The lowest BCUT2D eigenvalue weighted by atomic mass is 10.00. The summed E-state index contributed by atoms with van der Waals surface area (Å²) in [7, 11) is 0. The molecule has 0 aromatic heterocycles. The van der Waals surface area contributed by atoms with E-state index >= 15 is 0 Å². The maximum atomic E-state index is 10.9. The first-order valence-electron chi connectivity index (χ1n) is 8.94. The molecule has 1 N–H and O–H groups in total. The van der Waals surface area contributed by atoms with Gasteiger partial charge in [0.1, 0.15) is 6.61 Å². The molecule has 148 valence electrons. The van der Waals surface area contributed by atoms with E-state index in [0.29, 0.717) is 10.0 Å². The van der Waals surface area contributed by atoms with E-state index in [1.165, 1.54) is 0 Å². The lowest BCUT2D eigenvalue weighted by molar-refractivity contribution is -0.136. The molecule has 0 unspecified atom stereocenters. The molecular formula is C23H19Cl2NO3. The summed E-state index contributed by atoms with van der Waals surface area (Å²) >= 11 is 12.0. The predicted octanol–water partition coefficient (Wildman–Crippen LogP) is 6.23. The fraction of sp³-hybridized carbons (Fsp3) is 0.130. The largest absolute Gasteiger partial charge is 0.481 e. The van der Waals surface area contributed by atoms with Crippen LogP contribution in [0.2, 0.25) is 10.0 Å². The zero-order valence-electron chi connectivity index (χ0n) is 15.7. The highest BCUT2D eigenvalue weighted by molar-refractivity contribution is 6.35. The van der Waals surface area contributed by atoms with Gasteiger partial charge in [-0.15, -0.1) is 0 Å². The van der Waals surface area contributed by atoms with Crippen molar-refractivity contribution in [2.75, 3.05) is 0 Å². The molecule has 0 fully saturated rings. The van der Waals surface area contributed by atoms with E-state index in [-0.39, 0.29) is 13.0 Å². The van der Waals surface area contributed by atoms with Crippen molar-refractivity contribution in [3.8, 4) is 11.1 Å². The van der Waals surface area contributed by atoms with Gasteiger partial charge in [0.05, 0.1) is 12.1 Å². The Morgan fingerprint density at radius 1 is 1.00 bits per heavy atom. The van der Waals surface area contributed by atoms with E-state index in [2.05, 4.69) is 5.16 Å². The molecule has 0 radical (unpaired) electrons. The summed E-state index contributed by atoms with van der Waals surface area (Å²) in [5, 5.41) is 14.2. The third kappa shape index (κ3) is 5.83. The molecule has 3 aromatic rings. The Morgan fingerprint density at radius 2 is 1.76 bits per heavy atom. The minimum atomic E-state index is -0.843. The van der Waals surface area contributed by atoms with Gasteiger partial charge in [0, 0.05) is 15.6 Å². The van der Waals surface area contributed by atoms with Crippen LogP contribution in [0.3, 0.4) is 0 Å². The second-order valence-corrected chi connectivity index (χ2v) is 7.38. The van der Waals surface area contributed by atoms with Gasteiger partial charge in [-0.3, -0.25) is 4.79 Å². The first kappa shape index (κ1) is 20.9. The van der Waals surface area contributed by atoms with E-state index in [1.807, 2.05) is 61.5 Å². The van der Waals surface area contributed by atoms with Crippen LogP contribution in [0.4, 0.5) is 0 Å². The van der Waals surface area contributed by atoms with Crippen molar-refractivity contribution in [2.45, 2.75) is 20.0 Å². The van der Waals surface area contributed by atoms with Crippen molar-refractivity contribution < 1.29 is 14.7 Å². The molecule has 0 spiro atoms. The summed E-state index contributed by atoms with van der Waals surface area (Å²) in [5.74, 6) is -0.843. The molecule has 4 nitrogen and oxygen atoms in total. The Kier molecular flexibility index (Phi) is 6.91. The second kappa shape index (κ2) is 9.59. The third-order valence-electron chi connectivity index (χ3n) is 4.35. The molecule has 0 saturated heterocycles. The van der Waals surface area contributed by atoms with Crippen molar-refractivity contribution in [3.05, 3.63) is 93.5 Å². The molecule has 3 aromatic carbocycles. The lowest BCUT2D eigenvalue weighted by Gasteiger charge is -2.07. The molecule has 6 heteroatoms. The first-order valence-corrected chi connectivity index (χ1v) is 9.70. The fourth-order valence-corrected chi connectivity index (χ4v) is 3.29. The normalized spacial score (nSPS) is 11.3. The molecule has 0 amide bonds. The summed E-state index contributed by atoms with van der Waals surface area (Å²) < 4.78 is 0. The van der Waals surface area contributed by atoms with Crippen LogP contribution in [-0.4, -0.2) is 16.8 Å². The van der Waals surface area contributed by atoms with Crippen LogP contribution in [0.5, 0.6) is 0 Å². The molecule has 0 heterocycles. The Morgan fingerprint density at radius 3 is 2.45 bits per heavy atom. The Labute approximate surface area is 179 Å². The minimum absolute atomic E-state index is 0.00661. The molecule has 29 heavy (non-hydrogen) atoms. The van der Waals surface area contributed by atoms with Crippen LogP contribution in [0.25, 0.3) is 11.1 Å². The summed E-state index contributed by atoms with van der Waals surface area (Å²) in [5.41, 5.74) is 5.22. The highest BCUT2D eigenvalue weighted by atomic mass is 35.5. The number of nitrogens with zero attached hydrogens (tertiary/aromatic N) is 1. The Hall–Kier alpha value is -2.82. The number of benzene rings is 3. The first-order chi connectivity index (χ1) is 13.9. The highest BCUT2D eigenvalue weighted by Crippen LogP contribution is 2.23. The fourth-order valence-electron chi connectivity index (χ4n) is 2.83. The van der Waals surface area contributed by atoms with E-state index in [1.54, 1.807) is 12.1 Å². The number of carbonyl (C=O) groups is 1. The van der Waals surface area contributed by atoms with Crippen molar-refractivity contribution in [1.82, 2.24) is 0 Å². The van der Waals surface area contributed by atoms with Crippen LogP contribution >= 0.6 is 23.2 Å². The number of hydrogen-bond acceptors (Lipinski definition) is 3. The highest BCUT2D eigenvalue weighted by Gasteiger charge is 2.05. The van der Waals surface area contributed by atoms with Gasteiger partial charge in [0.15, 0.2) is 0 Å². The van der Waals surface area contributed by atoms with Crippen molar-refractivity contribution in [2.24, 2.45) is 5.16 Å². The minimum Gasteiger partial charge on any atom is -0.481 e. The molecule has 0 aliphatic carbocycles. The third-order valence-corrected chi connectivity index (χ3v) is 4.94. The zero-order valence-corrected chi connectivity index (χ0v) is 17.2. The number of halogens is 2. The van der Waals surface area contributed by atoms with E-state index < -0.39 is 5.97 Å². The van der Waals surface area contributed by atoms with Gasteiger partial charge >= 0.3 is 5.97 Å². The van der Waals surface area contributed by atoms with Crippen LogP contribution in [0.1, 0.15) is 23.6 Å². The molecule has 0 aliphatic rings. The van der Waals surface area contributed by atoms with Gasteiger partial charge in [-0.2, -0.15) is 0 Å². The monoisotopic (exact) mass is 427 g/mol. The van der Waals surface area contributed by atoms with E-state index in [4.69, 9.17) is 33.1 Å². The summed E-state index contributed by atoms with van der Waals surface area (Å²) in [6.45, 7) is 2.12. The smallest absolute Gasteiger partial charge is 0.307 e. The second-order valence-electron chi connectivity index (χ2n) is 6.53. The molecular weight excluding hydrogens is 409 g/mol. The number of aliphatic carboxylic acids is 1. The lowest BCUT2D eigenvalue weighted by Crippen LogP contribution is -2.00. The number of oxime groups is 1. The van der Waals surface area contributed by atoms with Crippen LogP contribution in [-0.2, 0) is 22.7 Å². The number of rotatable bonds is 7. The maximum Gasteiger partial charge on any atom is 0.307 e. The Bertz CT molecular complexity index is 1050. The van der Waals surface area contributed by atoms with Crippen molar-refractivity contribution in [1.29, 1.82) is 0 Å². The molecule has 0 aliphatic heterocycles. The average Bonchev–Trinajstić information content (AvgIpc) is 2.69. The molecule has 3 rings (SSSR count). The van der Waals surface area contributed by atoms with E-state index in [0.717, 1.165) is 33.5 Å². The number of hydrogen-bond donors (Lipinski definition) is 1. The number of carboxylic acid groups (broad SMARTS) is 1. The molecule has 0 atom stereocenters. The van der Waals surface area contributed by atoms with Gasteiger partial charge < -0.3 is 9.94 Å². The van der Waals surface area contributed by atoms with Gasteiger partial charge in [0.25, 0.3) is 0 Å². The zero-order chi connectivity index (χ0) is 20.8. The summed E-state index contributed by atoms with van der Waals surface area (Å²) in [4.78, 5) is 16.3. The Balaban J connectivity index is 1.67. The van der Waals surface area contributed by atoms with Gasteiger partial charge in [-0.25, -0.2) is 0 Å². The van der Waals surface area contributed by atoms with Crippen molar-refractivity contribution >= 4 is 34.9 Å². The topological polar surface area (TPSA) is 58.9 Å². The number of carboxylic acids is 1. The quantitative estimate of drug-likeness (QED) is 0.359. The summed E-state index contributed by atoms with van der Waals surface area (Å²) in [6.07, 6.45) is 0.00661. The van der Waals surface area contributed by atoms with Gasteiger partial charge in [0.2, 0.25) is 0 Å². The SMILES string of the molecule is CC(=NOCc1ccc(Cl)cc1Cl)c1ccc(-c2cccc(CC(=O)O)c2)cc1. The van der Waals surface area contributed by atoms with Crippen LogP contribution in [0, 0.1) is 0 Å². The van der Waals surface area contributed by atoms with Crippen LogP contribution < -0.4 is 0 Å². The molecule has 0 saturated carbocycles. The maximum absolute atomic E-state index is 10.9. The standard InChI is InChI=1S/C23H19Cl2NO3/c1-15(26-29-14-20-9-10-21(24)13-22(20)25)17-5-7-18(8-6-17)19-4-2-3-16(11-19)12-23(27)28/h2-11,13H,12,14H2,1H3,(H,27,28). The summed E-state index contributed by atoms with van der Waals surface area (Å²) in [6, 6.07) is 20.6. The van der Waals surface area contributed by atoms with Crippen LogP contribution in [0.15, 0.2) is 71.9 Å².